The second kappa shape index (κ2) is 6.92. The van der Waals surface area contributed by atoms with Crippen LogP contribution in [0.5, 0.6) is 5.75 Å². The Kier molecular flexibility index (Phi) is 4.95. The molecule has 0 aromatic heterocycles. The van der Waals surface area contributed by atoms with Gasteiger partial charge in [0.1, 0.15) is 11.6 Å². The molecular formula is C20H28N2O4S2. The van der Waals surface area contributed by atoms with E-state index in [1.165, 1.54) is 24.8 Å². The Morgan fingerprint density at radius 1 is 1.29 bits per heavy atom. The van der Waals surface area contributed by atoms with Crippen LogP contribution in [-0.4, -0.2) is 36.2 Å². The van der Waals surface area contributed by atoms with E-state index in [2.05, 4.69) is 11.1 Å². The first kappa shape index (κ1) is 20.0. The number of hydrogen-bond acceptors (Lipinski definition) is 5. The van der Waals surface area contributed by atoms with Crippen molar-refractivity contribution in [3.8, 4) is 5.75 Å². The molecule has 4 N–H and O–H groups in total. The van der Waals surface area contributed by atoms with E-state index in [1.807, 2.05) is 19.1 Å². The highest BCUT2D eigenvalue weighted by Crippen LogP contribution is 2.66. The summed E-state index contributed by atoms with van der Waals surface area (Å²) in [5.41, 5.74) is 8.25. The van der Waals surface area contributed by atoms with Crippen molar-refractivity contribution < 1.29 is 18.1 Å². The Hall–Kier alpha value is -1.25. The minimum absolute atomic E-state index is 0.0151. The summed E-state index contributed by atoms with van der Waals surface area (Å²) in [6.45, 7) is 2.53. The van der Waals surface area contributed by atoms with Gasteiger partial charge < -0.3 is 10.8 Å². The van der Waals surface area contributed by atoms with Crippen LogP contribution in [-0.2, 0) is 14.6 Å². The first-order valence-electron chi connectivity index (χ1n) is 9.79. The van der Waals surface area contributed by atoms with Gasteiger partial charge in [0.15, 0.2) is 0 Å². The standard InChI is InChI=1S/C20H28N2O4S2/c1-13-2-3-16(5-17(13)23)20-8-14-4-15(9-20)7-19(6-14,11-20)12-22-18(21)10-27-28(24,25)26/h2-3,5,14-15,23H,4,6-12H2,1H3,(H2,21,22)(H,24,25,26). The van der Waals surface area contributed by atoms with Crippen molar-refractivity contribution in [1.82, 2.24) is 0 Å². The SMILES string of the molecule is Cc1ccc(C23CC4CC(CC(CN=C(N)CSS(=O)(=O)O)(C4)C2)C3)cc1O. The molecule has 154 valence electrons. The Bertz CT molecular complexity index is 899. The molecule has 0 spiro atoms. The van der Waals surface area contributed by atoms with Crippen molar-refractivity contribution in [3.05, 3.63) is 29.3 Å². The van der Waals surface area contributed by atoms with Crippen LogP contribution in [0.15, 0.2) is 23.2 Å². The van der Waals surface area contributed by atoms with Crippen molar-refractivity contribution in [3.63, 3.8) is 0 Å². The number of phenolic OH excluding ortho intramolecular Hbond substituents is 1. The quantitative estimate of drug-likeness (QED) is 0.279. The number of phenols is 1. The average molecular weight is 425 g/mol. The van der Waals surface area contributed by atoms with Crippen LogP contribution in [0, 0.1) is 24.2 Å². The Morgan fingerprint density at radius 2 is 1.96 bits per heavy atom. The zero-order valence-electron chi connectivity index (χ0n) is 16.1. The van der Waals surface area contributed by atoms with Gasteiger partial charge in [-0.2, -0.15) is 8.42 Å². The van der Waals surface area contributed by atoms with Crippen LogP contribution in [0.3, 0.4) is 0 Å². The van der Waals surface area contributed by atoms with Crippen molar-refractivity contribution in [2.24, 2.45) is 28.0 Å². The van der Waals surface area contributed by atoms with Gasteiger partial charge in [0.05, 0.1) is 5.75 Å². The van der Waals surface area contributed by atoms with E-state index in [0.717, 1.165) is 24.8 Å². The number of amidine groups is 1. The third-order valence-corrected chi connectivity index (χ3v) is 8.94. The van der Waals surface area contributed by atoms with E-state index < -0.39 is 9.15 Å². The lowest BCUT2D eigenvalue weighted by molar-refractivity contribution is -0.0664. The third-order valence-electron chi connectivity index (χ3n) is 6.98. The van der Waals surface area contributed by atoms with Gasteiger partial charge in [-0.25, -0.2) is 0 Å². The molecule has 28 heavy (non-hydrogen) atoms. The van der Waals surface area contributed by atoms with E-state index in [1.54, 1.807) is 0 Å². The summed E-state index contributed by atoms with van der Waals surface area (Å²) < 4.78 is 30.7. The molecule has 1 aromatic rings. The van der Waals surface area contributed by atoms with Crippen molar-refractivity contribution in [2.45, 2.75) is 50.9 Å². The Labute approximate surface area is 170 Å². The van der Waals surface area contributed by atoms with Crippen molar-refractivity contribution in [2.75, 3.05) is 12.3 Å². The van der Waals surface area contributed by atoms with Gasteiger partial charge >= 0.3 is 9.15 Å². The van der Waals surface area contributed by atoms with E-state index in [9.17, 15) is 13.5 Å². The normalized spacial score (nSPS) is 34.7. The summed E-state index contributed by atoms with van der Waals surface area (Å²) >= 11 is 0. The number of aliphatic imine (C=N–C) groups is 1. The first-order chi connectivity index (χ1) is 13.1. The summed E-state index contributed by atoms with van der Waals surface area (Å²) in [6.07, 6.45) is 6.95. The maximum absolute atomic E-state index is 10.9. The molecule has 1 aromatic carbocycles. The van der Waals surface area contributed by atoms with Gasteiger partial charge in [0.2, 0.25) is 0 Å². The molecule has 4 bridgehead atoms. The van der Waals surface area contributed by atoms with Crippen LogP contribution >= 0.6 is 10.8 Å². The fraction of sp³-hybridized carbons (Fsp3) is 0.650. The second-order valence-electron chi connectivity index (χ2n) is 9.24. The van der Waals surface area contributed by atoms with Gasteiger partial charge in [-0.1, -0.05) is 12.1 Å². The molecule has 6 nitrogen and oxygen atoms in total. The van der Waals surface area contributed by atoms with Crippen LogP contribution < -0.4 is 5.73 Å². The average Bonchev–Trinajstić information content (AvgIpc) is 2.59. The van der Waals surface area contributed by atoms with Crippen LogP contribution in [0.25, 0.3) is 0 Å². The van der Waals surface area contributed by atoms with Gasteiger partial charge in [-0.05, 0) is 85.3 Å². The summed E-state index contributed by atoms with van der Waals surface area (Å²) in [6, 6.07) is 6.14. The number of hydrogen-bond donors (Lipinski definition) is 3. The number of aryl methyl sites for hydroxylation is 1. The molecule has 0 aliphatic heterocycles. The number of nitrogens with two attached hydrogens (primary N) is 1. The van der Waals surface area contributed by atoms with Crippen molar-refractivity contribution >= 4 is 25.8 Å². The molecule has 2 atom stereocenters. The predicted molar refractivity (Wildman–Crippen MR) is 112 cm³/mol. The maximum Gasteiger partial charge on any atom is 0.320 e. The molecular weight excluding hydrogens is 396 g/mol. The summed E-state index contributed by atoms with van der Waals surface area (Å²) in [5, 5.41) is 10.3. The largest absolute Gasteiger partial charge is 0.508 e. The molecule has 4 fully saturated rings. The zero-order chi connectivity index (χ0) is 20.2. The molecule has 0 radical (unpaired) electrons. The lowest BCUT2D eigenvalue weighted by atomic mass is 9.43. The molecule has 4 saturated carbocycles. The maximum atomic E-state index is 10.9. The van der Waals surface area contributed by atoms with E-state index >= 15 is 0 Å². The minimum atomic E-state index is -4.10. The minimum Gasteiger partial charge on any atom is -0.508 e. The number of benzene rings is 1. The van der Waals surface area contributed by atoms with E-state index in [-0.39, 0.29) is 22.4 Å². The van der Waals surface area contributed by atoms with Gasteiger partial charge in [0, 0.05) is 17.3 Å². The second-order valence-corrected chi connectivity index (χ2v) is 12.6. The molecule has 4 aliphatic rings. The summed E-state index contributed by atoms with van der Waals surface area (Å²) in [7, 11) is -3.70. The highest BCUT2D eigenvalue weighted by molar-refractivity contribution is 8.70. The van der Waals surface area contributed by atoms with Gasteiger partial charge in [-0.3, -0.25) is 9.55 Å². The van der Waals surface area contributed by atoms with Gasteiger partial charge in [0.25, 0.3) is 0 Å². The molecule has 2 unspecified atom stereocenters. The fourth-order valence-electron chi connectivity index (χ4n) is 6.36. The van der Waals surface area contributed by atoms with Crippen LogP contribution in [0.1, 0.15) is 49.7 Å². The van der Waals surface area contributed by atoms with Gasteiger partial charge in [-0.15, -0.1) is 0 Å². The molecule has 8 heteroatoms. The predicted octanol–water partition coefficient (Wildman–Crippen LogP) is 3.43. The zero-order valence-corrected chi connectivity index (χ0v) is 17.7. The lowest BCUT2D eigenvalue weighted by Gasteiger charge is -2.62. The molecule has 5 rings (SSSR count). The third kappa shape index (κ3) is 3.91. The molecule has 0 saturated heterocycles. The number of aromatic hydroxyl groups is 1. The number of nitrogens with zero attached hydrogens (tertiary/aromatic N) is 1. The van der Waals surface area contributed by atoms with E-state index in [4.69, 9.17) is 10.3 Å². The van der Waals surface area contributed by atoms with Crippen LogP contribution in [0.4, 0.5) is 0 Å². The Balaban J connectivity index is 1.56. The molecule has 4 aliphatic carbocycles. The summed E-state index contributed by atoms with van der Waals surface area (Å²) in [4.78, 5) is 4.52. The summed E-state index contributed by atoms with van der Waals surface area (Å²) in [5.74, 6) is 1.97. The highest BCUT2D eigenvalue weighted by atomic mass is 33.1. The van der Waals surface area contributed by atoms with E-state index in [0.29, 0.717) is 34.9 Å². The monoisotopic (exact) mass is 424 g/mol. The molecule has 0 heterocycles. The smallest absolute Gasteiger partial charge is 0.320 e. The number of rotatable bonds is 6. The fourth-order valence-corrected chi connectivity index (χ4v) is 7.53. The Morgan fingerprint density at radius 3 is 2.57 bits per heavy atom. The van der Waals surface area contributed by atoms with Crippen LogP contribution in [0.2, 0.25) is 0 Å². The first-order valence-corrected chi connectivity index (χ1v) is 12.7. The lowest BCUT2D eigenvalue weighted by Crippen LogP contribution is -2.55. The van der Waals surface area contributed by atoms with Crippen molar-refractivity contribution in [1.29, 1.82) is 0 Å². The molecule has 0 amide bonds. The highest BCUT2D eigenvalue weighted by Gasteiger charge is 2.58. The topological polar surface area (TPSA) is 113 Å².